The molecule has 0 bridgehead atoms. The molecule has 6 heteroatoms. The second-order valence-electron chi connectivity index (χ2n) is 3.36. The van der Waals surface area contributed by atoms with Gasteiger partial charge in [-0.15, -0.1) is 5.73 Å². The molecular formula is C12H15N5S. The number of guanidine groups is 1. The molecule has 0 aliphatic carbocycles. The number of rotatable bonds is 4. The predicted octanol–water partition coefficient (Wildman–Crippen LogP) is 0.831. The monoisotopic (exact) mass is 261 g/mol. The number of hydrogen-bond acceptors (Lipinski definition) is 3. The molecule has 0 amide bonds. The Balaban J connectivity index is 2.34. The van der Waals surface area contributed by atoms with Gasteiger partial charge in [0.05, 0.1) is 6.20 Å². The summed E-state index contributed by atoms with van der Waals surface area (Å²) in [6.45, 7) is 0. The van der Waals surface area contributed by atoms with Crippen LogP contribution in [-0.2, 0) is 6.42 Å². The molecule has 0 aliphatic rings. The minimum Gasteiger partial charge on any atom is -0.376 e. The van der Waals surface area contributed by atoms with Crippen molar-refractivity contribution in [2.75, 3.05) is 0 Å². The van der Waals surface area contributed by atoms with E-state index < -0.39 is 0 Å². The summed E-state index contributed by atoms with van der Waals surface area (Å²) in [7, 11) is 0. The molecule has 5 nitrogen and oxygen atoms in total. The van der Waals surface area contributed by atoms with Gasteiger partial charge in [0.15, 0.2) is 11.1 Å². The molecule has 1 aromatic rings. The largest absolute Gasteiger partial charge is 0.376 e. The highest BCUT2D eigenvalue weighted by molar-refractivity contribution is 7.80. The Morgan fingerprint density at radius 1 is 1.50 bits per heavy atom. The maximum Gasteiger partial charge on any atom is 0.200 e. The number of aliphatic imine (C=N–C) groups is 1. The standard InChI is InChI=1S/C12H15N5S/c13-11(17-12(14)18)16-9-4-1-2-6-10-7-3-5-8-15-10/h1,3,5,7-9H,2,6H2,(H5,13,14,16,17,18). The molecule has 0 spiro atoms. The van der Waals surface area contributed by atoms with Crippen molar-refractivity contribution in [3.8, 4) is 0 Å². The van der Waals surface area contributed by atoms with Gasteiger partial charge in [0, 0.05) is 11.9 Å². The third kappa shape index (κ3) is 6.42. The molecule has 0 saturated heterocycles. The zero-order valence-corrected chi connectivity index (χ0v) is 10.7. The molecule has 1 aromatic heterocycles. The average molecular weight is 261 g/mol. The summed E-state index contributed by atoms with van der Waals surface area (Å²) in [5.74, 6) is 0.146. The normalized spacial score (nSPS) is 10.3. The Bertz CT molecular complexity index is 475. The number of nitrogens with zero attached hydrogens (tertiary/aromatic N) is 2. The quantitative estimate of drug-likeness (QED) is 0.323. The number of pyridine rings is 1. The van der Waals surface area contributed by atoms with Crippen LogP contribution in [0.4, 0.5) is 0 Å². The van der Waals surface area contributed by atoms with E-state index in [9.17, 15) is 0 Å². The lowest BCUT2D eigenvalue weighted by molar-refractivity contribution is 0.944. The van der Waals surface area contributed by atoms with Crippen LogP contribution in [0.3, 0.4) is 0 Å². The first-order valence-electron chi connectivity index (χ1n) is 5.37. The first-order chi connectivity index (χ1) is 8.68. The zero-order chi connectivity index (χ0) is 13.2. The molecule has 1 rings (SSSR count). The number of hydrogen-bond donors (Lipinski definition) is 3. The minimum absolute atomic E-state index is 0.0868. The average Bonchev–Trinajstić information content (AvgIpc) is 2.34. The first kappa shape index (κ1) is 13.9. The van der Waals surface area contributed by atoms with Crippen LogP contribution in [0.5, 0.6) is 0 Å². The molecule has 94 valence electrons. The van der Waals surface area contributed by atoms with Crippen LogP contribution in [0.25, 0.3) is 0 Å². The number of aromatic nitrogens is 1. The van der Waals surface area contributed by atoms with Crippen LogP contribution in [0.15, 0.2) is 47.4 Å². The highest BCUT2D eigenvalue weighted by Gasteiger charge is 1.89. The summed E-state index contributed by atoms with van der Waals surface area (Å²) in [6, 6.07) is 5.85. The minimum atomic E-state index is 0.0868. The van der Waals surface area contributed by atoms with Gasteiger partial charge < -0.3 is 16.8 Å². The molecule has 18 heavy (non-hydrogen) atoms. The Labute approximate surface area is 111 Å². The van der Waals surface area contributed by atoms with Gasteiger partial charge in [0.2, 0.25) is 0 Å². The van der Waals surface area contributed by atoms with Gasteiger partial charge in [-0.25, -0.2) is 4.99 Å². The summed E-state index contributed by atoms with van der Waals surface area (Å²) in [4.78, 5) is 8.06. The second kappa shape index (κ2) is 8.00. The Kier molecular flexibility index (Phi) is 6.17. The number of thiocarbonyl (C=S) groups is 1. The third-order valence-corrected chi connectivity index (χ3v) is 2.02. The van der Waals surface area contributed by atoms with Gasteiger partial charge in [-0.05, 0) is 43.3 Å². The molecule has 0 aliphatic heterocycles. The summed E-state index contributed by atoms with van der Waals surface area (Å²) >= 11 is 4.60. The molecule has 0 saturated carbocycles. The van der Waals surface area contributed by atoms with E-state index in [1.54, 1.807) is 6.20 Å². The van der Waals surface area contributed by atoms with Crippen molar-refractivity contribution in [1.29, 1.82) is 0 Å². The van der Waals surface area contributed by atoms with Crippen molar-refractivity contribution in [1.82, 2.24) is 10.3 Å². The first-order valence-corrected chi connectivity index (χ1v) is 5.78. The lowest BCUT2D eigenvalue weighted by Gasteiger charge is -1.98. The van der Waals surface area contributed by atoms with Gasteiger partial charge in [-0.1, -0.05) is 6.07 Å². The van der Waals surface area contributed by atoms with E-state index >= 15 is 0 Å². The van der Waals surface area contributed by atoms with E-state index in [0.29, 0.717) is 0 Å². The van der Waals surface area contributed by atoms with Gasteiger partial charge >= 0.3 is 0 Å². The predicted molar refractivity (Wildman–Crippen MR) is 76.8 cm³/mol. The van der Waals surface area contributed by atoms with Crippen molar-refractivity contribution in [3.63, 3.8) is 0 Å². The molecule has 0 radical (unpaired) electrons. The summed E-state index contributed by atoms with van der Waals surface area (Å²) in [5, 5.41) is 2.59. The number of nitrogens with two attached hydrogens (primary N) is 2. The van der Waals surface area contributed by atoms with Crippen molar-refractivity contribution >= 4 is 23.3 Å². The maximum absolute atomic E-state index is 5.46. The summed E-state index contributed by atoms with van der Waals surface area (Å²) in [6.07, 6.45) is 6.81. The summed E-state index contributed by atoms with van der Waals surface area (Å²) in [5.41, 5.74) is 14.6. The Hall–Kier alpha value is -2.17. The van der Waals surface area contributed by atoms with Crippen LogP contribution in [0.2, 0.25) is 0 Å². The van der Waals surface area contributed by atoms with Gasteiger partial charge in [0.1, 0.15) is 0 Å². The van der Waals surface area contributed by atoms with Crippen molar-refractivity contribution in [2.24, 2.45) is 16.5 Å². The topological polar surface area (TPSA) is 89.3 Å². The lowest BCUT2D eigenvalue weighted by atomic mass is 10.2. The van der Waals surface area contributed by atoms with Crippen LogP contribution in [0.1, 0.15) is 12.1 Å². The van der Waals surface area contributed by atoms with Gasteiger partial charge in [-0.3, -0.25) is 4.98 Å². The molecule has 0 fully saturated rings. The van der Waals surface area contributed by atoms with E-state index in [1.165, 1.54) is 6.20 Å². The van der Waals surface area contributed by atoms with E-state index in [0.717, 1.165) is 18.5 Å². The highest BCUT2D eigenvalue weighted by Crippen LogP contribution is 1.98. The molecule has 5 N–H and O–H groups in total. The number of aryl methyl sites for hydroxylation is 1. The fraction of sp³-hybridized carbons (Fsp3) is 0.167. The molecule has 0 aromatic carbocycles. The maximum atomic E-state index is 5.46. The van der Waals surface area contributed by atoms with Crippen LogP contribution in [0, 0.1) is 0 Å². The van der Waals surface area contributed by atoms with Crippen LogP contribution < -0.4 is 16.8 Å². The number of nitrogens with one attached hydrogen (secondary N) is 1. The van der Waals surface area contributed by atoms with E-state index in [4.69, 9.17) is 11.5 Å². The zero-order valence-electron chi connectivity index (χ0n) is 9.84. The molecular weight excluding hydrogens is 246 g/mol. The summed E-state index contributed by atoms with van der Waals surface area (Å²) < 4.78 is 0. The van der Waals surface area contributed by atoms with E-state index in [-0.39, 0.29) is 11.1 Å². The SMILES string of the molecule is NC(=S)NC(N)=NC=C=CCCc1ccccn1. The Morgan fingerprint density at radius 2 is 2.33 bits per heavy atom. The van der Waals surface area contributed by atoms with Gasteiger partial charge in [0.25, 0.3) is 0 Å². The molecule has 0 atom stereocenters. The fourth-order valence-corrected chi connectivity index (χ4v) is 1.27. The second-order valence-corrected chi connectivity index (χ2v) is 3.80. The van der Waals surface area contributed by atoms with Crippen molar-refractivity contribution in [3.05, 3.63) is 48.1 Å². The van der Waals surface area contributed by atoms with Crippen LogP contribution in [-0.4, -0.2) is 16.1 Å². The highest BCUT2D eigenvalue weighted by atomic mass is 32.1. The third-order valence-electron chi connectivity index (χ3n) is 1.92. The Morgan fingerprint density at radius 3 is 3.00 bits per heavy atom. The smallest absolute Gasteiger partial charge is 0.200 e. The fourth-order valence-electron chi connectivity index (χ4n) is 1.17. The molecule has 1 heterocycles. The lowest BCUT2D eigenvalue weighted by Crippen LogP contribution is -2.39. The van der Waals surface area contributed by atoms with Crippen molar-refractivity contribution in [2.45, 2.75) is 12.8 Å². The van der Waals surface area contributed by atoms with E-state index in [1.807, 2.05) is 24.3 Å². The van der Waals surface area contributed by atoms with E-state index in [2.05, 4.69) is 33.2 Å². The van der Waals surface area contributed by atoms with Crippen molar-refractivity contribution < 1.29 is 0 Å². The van der Waals surface area contributed by atoms with Gasteiger partial charge in [-0.2, -0.15) is 0 Å². The molecule has 0 unspecified atom stereocenters. The van der Waals surface area contributed by atoms with Crippen LogP contribution >= 0.6 is 12.2 Å². The number of allylic oxidation sites excluding steroid dienone is 1.